The molecule has 1 aromatic carbocycles. The highest BCUT2D eigenvalue weighted by atomic mass is 35.5. The molecule has 64 valence electrons. The summed E-state index contributed by atoms with van der Waals surface area (Å²) in [6, 6.07) is 9.22. The van der Waals surface area contributed by atoms with Crippen LogP contribution in [0, 0.1) is 5.92 Å². The molecular formula is C10H11ClO. The highest BCUT2D eigenvalue weighted by Gasteiger charge is 2.12. The molecule has 0 aliphatic rings. The summed E-state index contributed by atoms with van der Waals surface area (Å²) in [5.74, 6) is 0.410. The normalized spacial score (nSPS) is 12.5. The lowest BCUT2D eigenvalue weighted by Gasteiger charge is -2.04. The van der Waals surface area contributed by atoms with Gasteiger partial charge < -0.3 is 0 Å². The third-order valence-corrected chi connectivity index (χ3v) is 2.20. The molecule has 1 aromatic rings. The molecule has 0 N–H and O–H groups in total. The van der Waals surface area contributed by atoms with Gasteiger partial charge in [-0.3, -0.25) is 4.79 Å². The molecule has 0 aromatic heterocycles. The van der Waals surface area contributed by atoms with Crippen molar-refractivity contribution in [1.29, 1.82) is 0 Å². The third-order valence-electron chi connectivity index (χ3n) is 1.74. The van der Waals surface area contributed by atoms with Crippen molar-refractivity contribution in [1.82, 2.24) is 0 Å². The highest BCUT2D eigenvalue weighted by Crippen LogP contribution is 2.09. The molecule has 0 bridgehead atoms. The summed E-state index contributed by atoms with van der Waals surface area (Å²) < 4.78 is 0. The van der Waals surface area contributed by atoms with Gasteiger partial charge in [0.1, 0.15) is 0 Å². The van der Waals surface area contributed by atoms with Crippen molar-refractivity contribution in [2.75, 3.05) is 5.88 Å². The summed E-state index contributed by atoms with van der Waals surface area (Å²) >= 11 is 5.58. The molecule has 2 heteroatoms. The minimum absolute atomic E-state index is 0.0888. The Bertz CT molecular complexity index is 256. The summed E-state index contributed by atoms with van der Waals surface area (Å²) in [5, 5.41) is 0. The molecule has 0 amide bonds. The zero-order valence-electron chi connectivity index (χ0n) is 6.96. The Morgan fingerprint density at radius 1 is 1.42 bits per heavy atom. The topological polar surface area (TPSA) is 17.1 Å². The van der Waals surface area contributed by atoms with Crippen molar-refractivity contribution in [2.24, 2.45) is 5.92 Å². The van der Waals surface area contributed by atoms with E-state index >= 15 is 0 Å². The van der Waals surface area contributed by atoms with E-state index in [1.165, 1.54) is 0 Å². The molecule has 0 spiro atoms. The fourth-order valence-corrected chi connectivity index (χ4v) is 1.10. The summed E-state index contributed by atoms with van der Waals surface area (Å²) in [6.07, 6.45) is 0. The van der Waals surface area contributed by atoms with Crippen molar-refractivity contribution in [2.45, 2.75) is 6.92 Å². The number of carbonyl (C=O) groups is 1. The number of alkyl halides is 1. The predicted octanol–water partition coefficient (Wildman–Crippen LogP) is 2.74. The van der Waals surface area contributed by atoms with E-state index in [9.17, 15) is 4.79 Å². The fourth-order valence-electron chi connectivity index (χ4n) is 0.957. The SMILES string of the molecule is CC(CCl)C(=O)c1ccccc1. The Hall–Kier alpha value is -0.820. The van der Waals surface area contributed by atoms with Crippen LogP contribution in [0.25, 0.3) is 0 Å². The first-order chi connectivity index (χ1) is 5.75. The summed E-state index contributed by atoms with van der Waals surface area (Å²) in [4.78, 5) is 11.5. The average Bonchev–Trinajstić information content (AvgIpc) is 2.17. The quantitative estimate of drug-likeness (QED) is 0.519. The van der Waals surface area contributed by atoms with Gasteiger partial charge in [0.15, 0.2) is 5.78 Å². The summed E-state index contributed by atoms with van der Waals surface area (Å²) in [5.41, 5.74) is 0.741. The lowest BCUT2D eigenvalue weighted by atomic mass is 10.0. The van der Waals surface area contributed by atoms with Crippen LogP contribution in [-0.4, -0.2) is 11.7 Å². The number of carbonyl (C=O) groups excluding carboxylic acids is 1. The third kappa shape index (κ3) is 2.08. The van der Waals surface area contributed by atoms with Gasteiger partial charge in [0.25, 0.3) is 0 Å². The van der Waals surface area contributed by atoms with E-state index in [-0.39, 0.29) is 11.7 Å². The van der Waals surface area contributed by atoms with Gasteiger partial charge in [-0.2, -0.15) is 0 Å². The Morgan fingerprint density at radius 2 is 2.00 bits per heavy atom. The maximum absolute atomic E-state index is 11.5. The molecule has 1 nitrogen and oxygen atoms in total. The van der Waals surface area contributed by atoms with Crippen LogP contribution in [0.3, 0.4) is 0 Å². The highest BCUT2D eigenvalue weighted by molar-refractivity contribution is 6.20. The summed E-state index contributed by atoms with van der Waals surface area (Å²) in [7, 11) is 0. The molecule has 0 heterocycles. The minimum atomic E-state index is -0.0888. The molecule has 0 aliphatic carbocycles. The first kappa shape index (κ1) is 9.27. The zero-order chi connectivity index (χ0) is 8.97. The number of benzene rings is 1. The molecule has 1 unspecified atom stereocenters. The lowest BCUT2D eigenvalue weighted by molar-refractivity contribution is 0.0941. The smallest absolute Gasteiger partial charge is 0.166 e. The molecule has 12 heavy (non-hydrogen) atoms. The van der Waals surface area contributed by atoms with Crippen LogP contribution in [0.1, 0.15) is 17.3 Å². The molecule has 0 saturated carbocycles. The van der Waals surface area contributed by atoms with Crippen molar-refractivity contribution >= 4 is 17.4 Å². The van der Waals surface area contributed by atoms with Crippen LogP contribution in [0.4, 0.5) is 0 Å². The maximum atomic E-state index is 11.5. The van der Waals surface area contributed by atoms with Gasteiger partial charge in [0, 0.05) is 17.4 Å². The first-order valence-electron chi connectivity index (χ1n) is 3.91. The number of hydrogen-bond donors (Lipinski definition) is 0. The Labute approximate surface area is 77.4 Å². The molecule has 1 atom stereocenters. The van der Waals surface area contributed by atoms with Gasteiger partial charge in [0.05, 0.1) is 0 Å². The zero-order valence-corrected chi connectivity index (χ0v) is 7.71. The number of rotatable bonds is 3. The first-order valence-corrected chi connectivity index (χ1v) is 4.44. The Balaban J connectivity index is 2.79. The number of ketones is 1. The monoisotopic (exact) mass is 182 g/mol. The van der Waals surface area contributed by atoms with Gasteiger partial charge in [-0.15, -0.1) is 11.6 Å². The molecule has 0 aliphatic heterocycles. The number of Topliss-reactive ketones (excluding diaryl/α,β-unsaturated/α-hetero) is 1. The van der Waals surface area contributed by atoms with Gasteiger partial charge >= 0.3 is 0 Å². The van der Waals surface area contributed by atoms with E-state index < -0.39 is 0 Å². The molecule has 0 fully saturated rings. The van der Waals surface area contributed by atoms with Gasteiger partial charge in [0.2, 0.25) is 0 Å². The Kier molecular flexibility index (Phi) is 3.30. The van der Waals surface area contributed by atoms with Gasteiger partial charge in [-0.05, 0) is 0 Å². The molecule has 1 rings (SSSR count). The van der Waals surface area contributed by atoms with Gasteiger partial charge in [-0.1, -0.05) is 37.3 Å². The van der Waals surface area contributed by atoms with Crippen LogP contribution < -0.4 is 0 Å². The van der Waals surface area contributed by atoms with Crippen LogP contribution in [0.2, 0.25) is 0 Å². The van der Waals surface area contributed by atoms with Crippen molar-refractivity contribution in [3.63, 3.8) is 0 Å². The van der Waals surface area contributed by atoms with Crippen LogP contribution in [0.5, 0.6) is 0 Å². The van der Waals surface area contributed by atoms with E-state index in [2.05, 4.69) is 0 Å². The van der Waals surface area contributed by atoms with Crippen LogP contribution in [0.15, 0.2) is 30.3 Å². The van der Waals surface area contributed by atoms with Crippen LogP contribution in [-0.2, 0) is 0 Å². The van der Waals surface area contributed by atoms with Gasteiger partial charge in [-0.25, -0.2) is 0 Å². The van der Waals surface area contributed by atoms with Crippen LogP contribution >= 0.6 is 11.6 Å². The summed E-state index contributed by atoms with van der Waals surface area (Å²) in [6.45, 7) is 1.84. The largest absolute Gasteiger partial charge is 0.294 e. The van der Waals surface area contributed by atoms with E-state index in [0.717, 1.165) is 5.56 Å². The van der Waals surface area contributed by atoms with Crippen molar-refractivity contribution in [3.05, 3.63) is 35.9 Å². The van der Waals surface area contributed by atoms with Crippen molar-refractivity contribution < 1.29 is 4.79 Å². The second-order valence-electron chi connectivity index (χ2n) is 2.79. The standard InChI is InChI=1S/C10H11ClO/c1-8(7-11)10(12)9-5-3-2-4-6-9/h2-6,8H,7H2,1H3. The van der Waals surface area contributed by atoms with E-state index in [4.69, 9.17) is 11.6 Å². The van der Waals surface area contributed by atoms with E-state index in [1.54, 1.807) is 0 Å². The molecule has 0 radical (unpaired) electrons. The Morgan fingerprint density at radius 3 is 2.50 bits per heavy atom. The maximum Gasteiger partial charge on any atom is 0.166 e. The predicted molar refractivity (Wildman–Crippen MR) is 50.7 cm³/mol. The lowest BCUT2D eigenvalue weighted by Crippen LogP contribution is -2.12. The van der Waals surface area contributed by atoms with Crippen molar-refractivity contribution in [3.8, 4) is 0 Å². The molecule has 0 saturated heterocycles. The fraction of sp³-hybridized carbons (Fsp3) is 0.300. The number of halogens is 1. The minimum Gasteiger partial charge on any atom is -0.294 e. The number of hydrogen-bond acceptors (Lipinski definition) is 1. The second-order valence-corrected chi connectivity index (χ2v) is 3.09. The average molecular weight is 183 g/mol. The molecular weight excluding hydrogens is 172 g/mol. The second kappa shape index (κ2) is 4.27. The van der Waals surface area contributed by atoms with E-state index in [1.807, 2.05) is 37.3 Å². The van der Waals surface area contributed by atoms with E-state index in [0.29, 0.717) is 5.88 Å².